The first-order chi connectivity index (χ1) is 11.2. The summed E-state index contributed by atoms with van der Waals surface area (Å²) < 4.78 is 14.9. The molecule has 0 aliphatic heterocycles. The third kappa shape index (κ3) is 19.0. The van der Waals surface area contributed by atoms with E-state index in [9.17, 15) is 14.4 Å². The van der Waals surface area contributed by atoms with Crippen LogP contribution >= 0.6 is 0 Å². The van der Waals surface area contributed by atoms with Crippen LogP contribution in [0.3, 0.4) is 0 Å². The van der Waals surface area contributed by atoms with E-state index in [0.717, 1.165) is 12.2 Å². The molecular formula is C15H24O9. The summed E-state index contributed by atoms with van der Waals surface area (Å²) in [4.78, 5) is 29.2. The van der Waals surface area contributed by atoms with Crippen LogP contribution in [0.5, 0.6) is 0 Å². The zero-order valence-corrected chi connectivity index (χ0v) is 14.0. The van der Waals surface area contributed by atoms with Crippen molar-refractivity contribution in [1.29, 1.82) is 0 Å². The van der Waals surface area contributed by atoms with Gasteiger partial charge < -0.3 is 29.5 Å². The fourth-order valence-corrected chi connectivity index (χ4v) is 0.787. The molecule has 0 unspecified atom stereocenters. The standard InChI is InChI=1S/C9H16O5.2C3H4O2/c1-4-12-7(8(10)11)9(13-5-2)14-6-3;2*1-2-3(4)5/h4-6H2,1-3H3,(H,10,11);2*2H,1H2,(H,4,5). The minimum absolute atomic E-state index is 0.0654. The number of ether oxygens (including phenoxy) is 3. The third-order valence-electron chi connectivity index (χ3n) is 1.57. The molecule has 0 aliphatic carbocycles. The maximum absolute atomic E-state index is 10.7. The van der Waals surface area contributed by atoms with Crippen LogP contribution in [0.1, 0.15) is 20.8 Å². The minimum atomic E-state index is -1.19. The Kier molecular flexibility index (Phi) is 19.6. The molecule has 138 valence electrons. The molecule has 9 heteroatoms. The van der Waals surface area contributed by atoms with Gasteiger partial charge in [0.05, 0.1) is 19.8 Å². The summed E-state index contributed by atoms with van der Waals surface area (Å²) in [6, 6.07) is 0. The highest BCUT2D eigenvalue weighted by atomic mass is 16.7. The van der Waals surface area contributed by atoms with Crippen LogP contribution in [0.4, 0.5) is 0 Å². The van der Waals surface area contributed by atoms with Crippen LogP contribution in [0.2, 0.25) is 0 Å². The quantitative estimate of drug-likeness (QED) is 0.420. The predicted molar refractivity (Wildman–Crippen MR) is 85.2 cm³/mol. The van der Waals surface area contributed by atoms with E-state index in [1.807, 2.05) is 0 Å². The zero-order chi connectivity index (χ0) is 19.5. The highest BCUT2D eigenvalue weighted by Crippen LogP contribution is 2.10. The fraction of sp³-hybridized carbons (Fsp3) is 0.400. The highest BCUT2D eigenvalue weighted by Gasteiger charge is 2.18. The van der Waals surface area contributed by atoms with Crippen molar-refractivity contribution < 1.29 is 43.9 Å². The topological polar surface area (TPSA) is 140 Å². The third-order valence-corrected chi connectivity index (χ3v) is 1.57. The number of rotatable bonds is 9. The van der Waals surface area contributed by atoms with Gasteiger partial charge in [-0.3, -0.25) is 0 Å². The predicted octanol–water partition coefficient (Wildman–Crippen LogP) is 1.86. The molecule has 24 heavy (non-hydrogen) atoms. The monoisotopic (exact) mass is 348 g/mol. The molecule has 0 fully saturated rings. The Morgan fingerprint density at radius 3 is 1.25 bits per heavy atom. The molecule has 0 radical (unpaired) electrons. The average Bonchev–Trinajstić information content (AvgIpc) is 2.53. The van der Waals surface area contributed by atoms with Crippen LogP contribution in [0.15, 0.2) is 37.0 Å². The Balaban J connectivity index is -0.000000361. The maximum atomic E-state index is 10.7. The van der Waals surface area contributed by atoms with E-state index < -0.39 is 17.9 Å². The molecule has 0 saturated heterocycles. The Labute approximate surface area is 140 Å². The molecule has 3 N–H and O–H groups in total. The van der Waals surface area contributed by atoms with E-state index in [2.05, 4.69) is 13.2 Å². The van der Waals surface area contributed by atoms with E-state index in [0.29, 0.717) is 13.2 Å². The molecule has 0 aromatic heterocycles. The van der Waals surface area contributed by atoms with Gasteiger partial charge in [0.1, 0.15) is 0 Å². The second-order valence-electron chi connectivity index (χ2n) is 3.31. The molecule has 0 bridgehead atoms. The summed E-state index contributed by atoms with van der Waals surface area (Å²) in [5, 5.41) is 24.0. The van der Waals surface area contributed by atoms with Crippen molar-refractivity contribution in [2.75, 3.05) is 19.8 Å². The van der Waals surface area contributed by atoms with Gasteiger partial charge in [-0.2, -0.15) is 0 Å². The first-order valence-corrected chi connectivity index (χ1v) is 6.78. The van der Waals surface area contributed by atoms with Crippen molar-refractivity contribution in [2.24, 2.45) is 0 Å². The second kappa shape index (κ2) is 18.1. The largest absolute Gasteiger partial charge is 0.482 e. The molecule has 0 spiro atoms. The SMILES string of the molecule is C=CC(=O)O.C=CC(=O)O.CCOC(OCC)=C(OCC)C(=O)O. The fourth-order valence-electron chi connectivity index (χ4n) is 0.787. The number of aliphatic carboxylic acids is 3. The van der Waals surface area contributed by atoms with Crippen LogP contribution in [-0.2, 0) is 28.6 Å². The molecule has 0 saturated carbocycles. The lowest BCUT2D eigenvalue weighted by Gasteiger charge is -2.12. The van der Waals surface area contributed by atoms with Crippen LogP contribution in [-0.4, -0.2) is 53.0 Å². The summed E-state index contributed by atoms with van der Waals surface area (Å²) in [6.07, 6.45) is 1.67. The van der Waals surface area contributed by atoms with E-state index in [1.54, 1.807) is 20.8 Å². The van der Waals surface area contributed by atoms with Gasteiger partial charge in [0.15, 0.2) is 0 Å². The Hall–Kier alpha value is -2.97. The van der Waals surface area contributed by atoms with Gasteiger partial charge in [-0.05, 0) is 20.8 Å². The molecule has 0 amide bonds. The number of hydrogen-bond donors (Lipinski definition) is 3. The summed E-state index contributed by atoms with van der Waals surface area (Å²) >= 11 is 0. The van der Waals surface area contributed by atoms with E-state index >= 15 is 0 Å². The molecular weight excluding hydrogens is 324 g/mol. The van der Waals surface area contributed by atoms with Crippen LogP contribution in [0.25, 0.3) is 0 Å². The summed E-state index contributed by atoms with van der Waals surface area (Å²) in [6.45, 7) is 12.0. The second-order valence-corrected chi connectivity index (χ2v) is 3.31. The van der Waals surface area contributed by atoms with Crippen molar-refractivity contribution in [2.45, 2.75) is 20.8 Å². The van der Waals surface area contributed by atoms with Gasteiger partial charge in [0.2, 0.25) is 0 Å². The molecule has 0 aromatic carbocycles. The average molecular weight is 348 g/mol. The summed E-state index contributed by atoms with van der Waals surface area (Å²) in [7, 11) is 0. The minimum Gasteiger partial charge on any atom is -0.482 e. The van der Waals surface area contributed by atoms with Gasteiger partial charge in [-0.25, -0.2) is 14.4 Å². The van der Waals surface area contributed by atoms with E-state index in [-0.39, 0.29) is 18.3 Å². The normalized spacial score (nSPS) is 7.96. The summed E-state index contributed by atoms with van der Waals surface area (Å²) in [5.74, 6) is -3.50. The number of carboxylic acid groups (broad SMARTS) is 3. The lowest BCUT2D eigenvalue weighted by molar-refractivity contribution is -0.138. The van der Waals surface area contributed by atoms with E-state index in [1.165, 1.54) is 0 Å². The number of carboxylic acids is 3. The van der Waals surface area contributed by atoms with Gasteiger partial charge in [0, 0.05) is 12.2 Å². The van der Waals surface area contributed by atoms with Crippen LogP contribution in [0, 0.1) is 0 Å². The number of carbonyl (C=O) groups is 3. The molecule has 0 rings (SSSR count). The Bertz CT molecular complexity index is 412. The van der Waals surface area contributed by atoms with Gasteiger partial charge in [-0.1, -0.05) is 13.2 Å². The molecule has 9 nitrogen and oxygen atoms in total. The molecule has 0 aromatic rings. The highest BCUT2D eigenvalue weighted by molar-refractivity contribution is 5.84. The van der Waals surface area contributed by atoms with Crippen molar-refractivity contribution in [1.82, 2.24) is 0 Å². The van der Waals surface area contributed by atoms with Gasteiger partial charge >= 0.3 is 23.9 Å². The molecule has 0 aliphatic rings. The molecule has 0 atom stereocenters. The van der Waals surface area contributed by atoms with Crippen molar-refractivity contribution in [3.8, 4) is 0 Å². The number of hydrogen-bond acceptors (Lipinski definition) is 6. The summed E-state index contributed by atoms with van der Waals surface area (Å²) in [5.41, 5.74) is 0. The molecule has 0 heterocycles. The van der Waals surface area contributed by atoms with Crippen LogP contribution < -0.4 is 0 Å². The van der Waals surface area contributed by atoms with Gasteiger partial charge in [-0.15, -0.1) is 0 Å². The lowest BCUT2D eigenvalue weighted by atomic mass is 10.5. The van der Waals surface area contributed by atoms with Crippen molar-refractivity contribution in [3.63, 3.8) is 0 Å². The first kappa shape index (κ1) is 26.0. The van der Waals surface area contributed by atoms with Crippen molar-refractivity contribution >= 4 is 17.9 Å². The van der Waals surface area contributed by atoms with Crippen molar-refractivity contribution in [3.05, 3.63) is 37.0 Å². The smallest absolute Gasteiger partial charge is 0.378 e. The maximum Gasteiger partial charge on any atom is 0.378 e. The first-order valence-electron chi connectivity index (χ1n) is 6.78. The Morgan fingerprint density at radius 1 is 0.792 bits per heavy atom. The lowest BCUT2D eigenvalue weighted by Crippen LogP contribution is -2.12. The zero-order valence-electron chi connectivity index (χ0n) is 14.0. The van der Waals surface area contributed by atoms with Gasteiger partial charge in [0.25, 0.3) is 5.76 Å². The van der Waals surface area contributed by atoms with E-state index in [4.69, 9.17) is 29.5 Å². The Morgan fingerprint density at radius 2 is 1.08 bits per heavy atom.